The summed E-state index contributed by atoms with van der Waals surface area (Å²) in [5, 5.41) is 21.2. The number of hydrogen-bond acceptors (Lipinski definition) is 5. The van der Waals surface area contributed by atoms with E-state index in [0.717, 1.165) is 24.2 Å². The molecule has 0 amide bonds. The van der Waals surface area contributed by atoms with Gasteiger partial charge in [-0.3, -0.25) is 0 Å². The van der Waals surface area contributed by atoms with Gasteiger partial charge in [0.25, 0.3) is 0 Å². The van der Waals surface area contributed by atoms with Crippen molar-refractivity contribution in [1.29, 1.82) is 0 Å². The van der Waals surface area contributed by atoms with E-state index in [0.29, 0.717) is 23.6 Å². The van der Waals surface area contributed by atoms with E-state index >= 15 is 0 Å². The number of fused-ring (bicyclic) bond motifs is 2. The van der Waals surface area contributed by atoms with Crippen molar-refractivity contribution in [2.24, 2.45) is 0 Å². The number of benzene rings is 2. The Balaban J connectivity index is 1.78. The molecule has 2 aromatic rings. The Morgan fingerprint density at radius 3 is 2.62 bits per heavy atom. The number of aliphatic hydroxyl groups is 1. The molecule has 0 bridgehead atoms. The lowest BCUT2D eigenvalue weighted by Crippen LogP contribution is -2.38. The van der Waals surface area contributed by atoms with Gasteiger partial charge in [-0.1, -0.05) is 38.0 Å². The van der Waals surface area contributed by atoms with Crippen LogP contribution in [-0.2, 0) is 5.41 Å². The molecule has 2 aliphatic heterocycles. The van der Waals surface area contributed by atoms with E-state index in [9.17, 15) is 10.2 Å². The van der Waals surface area contributed by atoms with Crippen molar-refractivity contribution < 1.29 is 19.7 Å². The molecule has 1 unspecified atom stereocenters. The van der Waals surface area contributed by atoms with Gasteiger partial charge < -0.3 is 24.6 Å². The fraction of sp³-hybridized carbons (Fsp3) is 0.429. The number of aromatic hydroxyl groups is 1. The zero-order valence-electron chi connectivity index (χ0n) is 15.1. The number of unbranched alkanes of at least 4 members (excludes halogenated alkanes) is 2. The minimum atomic E-state index is -0.673. The normalized spacial score (nSPS) is 20.5. The van der Waals surface area contributed by atoms with Crippen molar-refractivity contribution in [3.63, 3.8) is 0 Å². The Morgan fingerprint density at radius 2 is 1.85 bits per heavy atom. The van der Waals surface area contributed by atoms with Crippen LogP contribution in [0.25, 0.3) is 0 Å². The smallest absolute Gasteiger partial charge is 0.231 e. The van der Waals surface area contributed by atoms with Crippen LogP contribution in [0.5, 0.6) is 17.2 Å². The zero-order valence-corrected chi connectivity index (χ0v) is 15.1. The van der Waals surface area contributed by atoms with Gasteiger partial charge in [-0.05, 0) is 24.1 Å². The molecule has 0 spiro atoms. The highest BCUT2D eigenvalue weighted by atomic mass is 16.7. The highest BCUT2D eigenvalue weighted by molar-refractivity contribution is 5.69. The Kier molecular flexibility index (Phi) is 4.41. The molecule has 0 saturated heterocycles. The maximum atomic E-state index is 10.7. The van der Waals surface area contributed by atoms with Crippen molar-refractivity contribution in [2.45, 2.75) is 31.6 Å². The second kappa shape index (κ2) is 6.72. The van der Waals surface area contributed by atoms with E-state index in [1.54, 1.807) is 6.07 Å². The molecule has 5 nitrogen and oxygen atoms in total. The molecule has 0 aliphatic carbocycles. The van der Waals surface area contributed by atoms with Gasteiger partial charge in [-0.15, -0.1) is 0 Å². The summed E-state index contributed by atoms with van der Waals surface area (Å²) in [6, 6.07) is 11.6. The maximum absolute atomic E-state index is 10.7. The fourth-order valence-electron chi connectivity index (χ4n) is 4.17. The molecule has 138 valence electrons. The molecule has 0 fully saturated rings. The lowest BCUT2D eigenvalue weighted by atomic mass is 9.76. The Bertz CT molecular complexity index is 807. The summed E-state index contributed by atoms with van der Waals surface area (Å²) in [5.74, 6) is 1.30. The van der Waals surface area contributed by atoms with Crippen LogP contribution in [-0.4, -0.2) is 36.7 Å². The van der Waals surface area contributed by atoms with Gasteiger partial charge in [0, 0.05) is 30.4 Å². The minimum absolute atomic E-state index is 0.0819. The largest absolute Gasteiger partial charge is 0.507 e. The topological polar surface area (TPSA) is 62.2 Å². The van der Waals surface area contributed by atoms with Crippen molar-refractivity contribution in [2.75, 3.05) is 31.4 Å². The third-order valence-electron chi connectivity index (χ3n) is 5.53. The molecule has 0 saturated carbocycles. The fourth-order valence-corrected chi connectivity index (χ4v) is 4.17. The molecule has 2 aromatic carbocycles. The number of rotatable bonds is 6. The van der Waals surface area contributed by atoms with E-state index in [2.05, 4.69) is 24.0 Å². The van der Waals surface area contributed by atoms with E-state index in [1.165, 1.54) is 12.8 Å². The van der Waals surface area contributed by atoms with E-state index in [1.807, 2.05) is 18.2 Å². The summed E-state index contributed by atoms with van der Waals surface area (Å²) >= 11 is 0. The summed E-state index contributed by atoms with van der Waals surface area (Å²) in [5.41, 5.74) is 2.20. The lowest BCUT2D eigenvalue weighted by molar-refractivity contribution is 0.173. The molecule has 1 atom stereocenters. The van der Waals surface area contributed by atoms with Crippen molar-refractivity contribution in [3.8, 4) is 17.2 Å². The van der Waals surface area contributed by atoms with Gasteiger partial charge in [0.05, 0.1) is 12.0 Å². The molecule has 26 heavy (non-hydrogen) atoms. The molecule has 4 rings (SSSR count). The van der Waals surface area contributed by atoms with Gasteiger partial charge in [0.1, 0.15) is 5.75 Å². The van der Waals surface area contributed by atoms with Crippen molar-refractivity contribution in [1.82, 2.24) is 0 Å². The standard InChI is InChI=1S/C21H25NO4/c1-2-3-6-9-22-12-21(13-23,15-7-4-5-8-17(15)22)16-10-19-20(11-18(16)24)26-14-25-19/h4-5,7-8,10-11,23-24H,2-3,6,9,12-14H2,1H3. The van der Waals surface area contributed by atoms with Crippen LogP contribution >= 0.6 is 0 Å². The molecular weight excluding hydrogens is 330 g/mol. The number of phenolic OH excluding ortho intramolecular Hbond substituents is 1. The van der Waals surface area contributed by atoms with Gasteiger partial charge >= 0.3 is 0 Å². The molecule has 0 radical (unpaired) electrons. The van der Waals surface area contributed by atoms with Crippen LogP contribution < -0.4 is 14.4 Å². The zero-order chi connectivity index (χ0) is 18.1. The van der Waals surface area contributed by atoms with Crippen LogP contribution in [0.15, 0.2) is 36.4 Å². The van der Waals surface area contributed by atoms with Gasteiger partial charge in [0.2, 0.25) is 6.79 Å². The number of hydrogen-bond donors (Lipinski definition) is 2. The first-order chi connectivity index (χ1) is 12.7. The van der Waals surface area contributed by atoms with Gasteiger partial charge in [0.15, 0.2) is 11.5 Å². The Hall–Kier alpha value is -2.40. The highest BCUT2D eigenvalue weighted by Crippen LogP contribution is 2.50. The summed E-state index contributed by atoms with van der Waals surface area (Å²) < 4.78 is 10.9. The number of aliphatic hydroxyl groups excluding tert-OH is 1. The van der Waals surface area contributed by atoms with E-state index in [4.69, 9.17) is 9.47 Å². The molecular formula is C21H25NO4. The third-order valence-corrected chi connectivity index (χ3v) is 5.53. The van der Waals surface area contributed by atoms with Crippen LogP contribution in [0.1, 0.15) is 37.3 Å². The average molecular weight is 355 g/mol. The lowest BCUT2D eigenvalue weighted by Gasteiger charge is -2.30. The Morgan fingerprint density at radius 1 is 1.08 bits per heavy atom. The number of anilines is 1. The molecule has 2 N–H and O–H groups in total. The predicted molar refractivity (Wildman–Crippen MR) is 100 cm³/mol. The van der Waals surface area contributed by atoms with E-state index < -0.39 is 5.41 Å². The first-order valence-corrected chi connectivity index (χ1v) is 9.28. The first-order valence-electron chi connectivity index (χ1n) is 9.28. The SMILES string of the molecule is CCCCCN1CC(CO)(c2cc3c(cc2O)OCO3)c2ccccc21. The van der Waals surface area contributed by atoms with Crippen LogP contribution in [0.3, 0.4) is 0 Å². The molecule has 0 aromatic heterocycles. The number of para-hydroxylation sites is 1. The van der Waals surface area contributed by atoms with Crippen LogP contribution in [0.2, 0.25) is 0 Å². The van der Waals surface area contributed by atoms with E-state index in [-0.39, 0.29) is 19.1 Å². The summed E-state index contributed by atoms with van der Waals surface area (Å²) in [7, 11) is 0. The monoisotopic (exact) mass is 355 g/mol. The summed E-state index contributed by atoms with van der Waals surface area (Å²) in [6.45, 7) is 3.85. The number of nitrogens with zero attached hydrogens (tertiary/aromatic N) is 1. The predicted octanol–water partition coefficient (Wildman–Crippen LogP) is 3.41. The van der Waals surface area contributed by atoms with Crippen LogP contribution in [0, 0.1) is 0 Å². The summed E-state index contributed by atoms with van der Waals surface area (Å²) in [6.07, 6.45) is 3.46. The van der Waals surface area contributed by atoms with Gasteiger partial charge in [-0.2, -0.15) is 0 Å². The second-order valence-electron chi connectivity index (χ2n) is 7.11. The molecule has 2 aliphatic rings. The first kappa shape index (κ1) is 17.0. The second-order valence-corrected chi connectivity index (χ2v) is 7.11. The average Bonchev–Trinajstić information content (AvgIpc) is 3.24. The van der Waals surface area contributed by atoms with Crippen molar-refractivity contribution >= 4 is 5.69 Å². The van der Waals surface area contributed by atoms with Gasteiger partial charge in [-0.25, -0.2) is 0 Å². The van der Waals surface area contributed by atoms with Crippen LogP contribution in [0.4, 0.5) is 5.69 Å². The minimum Gasteiger partial charge on any atom is -0.507 e. The summed E-state index contributed by atoms with van der Waals surface area (Å²) in [4.78, 5) is 2.32. The van der Waals surface area contributed by atoms with Crippen molar-refractivity contribution in [3.05, 3.63) is 47.5 Å². The maximum Gasteiger partial charge on any atom is 0.231 e. The Labute approximate surface area is 153 Å². The molecule has 5 heteroatoms. The molecule has 2 heterocycles. The number of phenols is 1. The highest BCUT2D eigenvalue weighted by Gasteiger charge is 2.45. The quantitative estimate of drug-likeness (QED) is 0.778. The number of ether oxygens (including phenoxy) is 2. The third kappa shape index (κ3) is 2.58.